The maximum atomic E-state index is 13.7. The van der Waals surface area contributed by atoms with Gasteiger partial charge in [0.1, 0.15) is 11.5 Å². The molecule has 1 aliphatic rings. The zero-order valence-electron chi connectivity index (χ0n) is 23.3. The molecular formula is C30H29ClF3NO8. The quantitative estimate of drug-likeness (QED) is 0.273. The molecule has 0 aliphatic carbocycles. The first-order valence-electron chi connectivity index (χ1n) is 13.2. The number of ketones is 1. The summed E-state index contributed by atoms with van der Waals surface area (Å²) < 4.78 is 66.4. The molecule has 0 amide bonds. The minimum Gasteiger partial charge on any atom is -0.495 e. The molecule has 43 heavy (non-hydrogen) atoms. The minimum atomic E-state index is -4.59. The summed E-state index contributed by atoms with van der Waals surface area (Å²) in [7, 11) is 2.59. The number of halogens is 4. The highest BCUT2D eigenvalue weighted by atomic mass is 35.5. The molecule has 2 aromatic carbocycles. The second-order valence-corrected chi connectivity index (χ2v) is 10.1. The largest absolute Gasteiger partial charge is 0.495 e. The fourth-order valence-corrected chi connectivity index (χ4v) is 4.83. The summed E-state index contributed by atoms with van der Waals surface area (Å²) >= 11 is 6.14. The highest BCUT2D eigenvalue weighted by molar-refractivity contribution is 6.31. The summed E-state index contributed by atoms with van der Waals surface area (Å²) in [6, 6.07) is 10.5. The van der Waals surface area contributed by atoms with E-state index in [-0.39, 0.29) is 52.9 Å². The molecular weight excluding hydrogens is 595 g/mol. The number of carbonyl (C=O) groups excluding carboxylic acids is 2. The van der Waals surface area contributed by atoms with Gasteiger partial charge in [-0.25, -0.2) is 4.79 Å². The Hall–Kier alpha value is -3.87. The van der Waals surface area contributed by atoms with Crippen molar-refractivity contribution in [3.05, 3.63) is 81.2 Å². The average Bonchev–Trinajstić information content (AvgIpc) is 2.99. The van der Waals surface area contributed by atoms with E-state index in [1.54, 1.807) is 12.1 Å². The predicted molar refractivity (Wildman–Crippen MR) is 150 cm³/mol. The van der Waals surface area contributed by atoms with Gasteiger partial charge in [0.05, 0.1) is 57.9 Å². The van der Waals surface area contributed by atoms with Crippen LogP contribution in [0.3, 0.4) is 0 Å². The first-order valence-corrected chi connectivity index (χ1v) is 13.6. The molecule has 1 saturated heterocycles. The topological polar surface area (TPSA) is 102 Å². The van der Waals surface area contributed by atoms with Crippen molar-refractivity contribution in [2.75, 3.05) is 40.6 Å². The summed E-state index contributed by atoms with van der Waals surface area (Å²) in [6.45, 7) is -0.596. The zero-order chi connectivity index (χ0) is 31.1. The number of hydrogen-bond donors (Lipinski definition) is 0. The van der Waals surface area contributed by atoms with Crippen molar-refractivity contribution in [2.24, 2.45) is 0 Å². The smallest absolute Gasteiger partial charge is 0.422 e. The first-order chi connectivity index (χ1) is 20.5. The summed E-state index contributed by atoms with van der Waals surface area (Å²) in [5.41, 5.74) is 0.541. The molecule has 2 heterocycles. The summed E-state index contributed by atoms with van der Waals surface area (Å²) in [6.07, 6.45) is -3.70. The van der Waals surface area contributed by atoms with E-state index in [1.807, 2.05) is 0 Å². The second kappa shape index (κ2) is 14.1. The Labute approximate surface area is 250 Å². The number of nitrogens with zero attached hydrogens (tertiary/aromatic N) is 1. The van der Waals surface area contributed by atoms with Gasteiger partial charge in [0.25, 0.3) is 5.56 Å². The van der Waals surface area contributed by atoms with E-state index in [2.05, 4.69) is 0 Å². The maximum absolute atomic E-state index is 13.7. The second-order valence-electron chi connectivity index (χ2n) is 9.70. The van der Waals surface area contributed by atoms with Gasteiger partial charge in [-0.15, -0.1) is 0 Å². The Kier molecular flexibility index (Phi) is 10.5. The van der Waals surface area contributed by atoms with Crippen LogP contribution in [0.1, 0.15) is 28.4 Å². The summed E-state index contributed by atoms with van der Waals surface area (Å²) in [5.74, 6) is -0.905. The number of aromatic nitrogens is 1. The van der Waals surface area contributed by atoms with Gasteiger partial charge in [-0.2, -0.15) is 13.2 Å². The molecule has 9 nitrogen and oxygen atoms in total. The Morgan fingerprint density at radius 3 is 2.40 bits per heavy atom. The van der Waals surface area contributed by atoms with E-state index in [0.29, 0.717) is 24.3 Å². The third kappa shape index (κ3) is 8.37. The SMILES string of the molecule is COC(=O)c1ccc(CC(=O)C(CC2COCCO2)n2cc(OC)c(-c3cc(Cl)ccc3OCC(F)(F)F)cc2=O)cc1. The van der Waals surface area contributed by atoms with Crippen molar-refractivity contribution < 1.29 is 46.4 Å². The fourth-order valence-electron chi connectivity index (χ4n) is 4.66. The highest BCUT2D eigenvalue weighted by Gasteiger charge is 2.31. The molecule has 0 radical (unpaired) electrons. The van der Waals surface area contributed by atoms with Gasteiger partial charge in [0.2, 0.25) is 0 Å². The van der Waals surface area contributed by atoms with Gasteiger partial charge in [-0.05, 0) is 35.9 Å². The van der Waals surface area contributed by atoms with Gasteiger partial charge >= 0.3 is 12.1 Å². The van der Waals surface area contributed by atoms with Crippen LogP contribution in [0.2, 0.25) is 5.02 Å². The molecule has 3 aromatic rings. The monoisotopic (exact) mass is 623 g/mol. The molecule has 2 unspecified atom stereocenters. The van der Waals surface area contributed by atoms with Crippen LogP contribution in [-0.2, 0) is 25.4 Å². The van der Waals surface area contributed by atoms with Gasteiger partial charge in [0, 0.05) is 35.1 Å². The van der Waals surface area contributed by atoms with Crippen LogP contribution in [-0.4, -0.2) is 69.2 Å². The van der Waals surface area contributed by atoms with Crippen molar-refractivity contribution in [1.29, 1.82) is 0 Å². The Bertz CT molecular complexity index is 1500. The number of pyridine rings is 1. The molecule has 0 spiro atoms. The van der Waals surface area contributed by atoms with E-state index in [0.717, 1.165) is 6.07 Å². The van der Waals surface area contributed by atoms with Gasteiger partial charge in [-0.1, -0.05) is 23.7 Å². The molecule has 1 aliphatic heterocycles. The van der Waals surface area contributed by atoms with Crippen molar-refractivity contribution in [2.45, 2.75) is 31.2 Å². The Morgan fingerprint density at radius 1 is 1.05 bits per heavy atom. The van der Waals surface area contributed by atoms with Crippen LogP contribution < -0.4 is 15.0 Å². The molecule has 1 aromatic heterocycles. The average molecular weight is 624 g/mol. The molecule has 0 saturated carbocycles. The molecule has 4 rings (SSSR count). The van der Waals surface area contributed by atoms with E-state index >= 15 is 0 Å². The summed E-state index contributed by atoms with van der Waals surface area (Å²) in [4.78, 5) is 39.1. The lowest BCUT2D eigenvalue weighted by Crippen LogP contribution is -2.37. The van der Waals surface area contributed by atoms with Crippen LogP contribution in [0.15, 0.2) is 59.5 Å². The number of Topliss-reactive ketones (excluding diaryl/α,β-unsaturated/α-hetero) is 1. The van der Waals surface area contributed by atoms with Gasteiger partial charge < -0.3 is 28.3 Å². The number of benzene rings is 2. The lowest BCUT2D eigenvalue weighted by molar-refractivity contribution is -0.153. The van der Waals surface area contributed by atoms with E-state index < -0.39 is 36.5 Å². The van der Waals surface area contributed by atoms with Crippen LogP contribution in [0, 0.1) is 0 Å². The van der Waals surface area contributed by atoms with Crippen molar-refractivity contribution >= 4 is 23.4 Å². The number of methoxy groups -OCH3 is 2. The summed E-state index contributed by atoms with van der Waals surface area (Å²) in [5, 5.41) is 0.196. The number of rotatable bonds is 11. The minimum absolute atomic E-state index is 0.0695. The number of hydrogen-bond acceptors (Lipinski definition) is 8. The number of carbonyl (C=O) groups is 2. The van der Waals surface area contributed by atoms with E-state index in [4.69, 9.17) is 35.3 Å². The lowest BCUT2D eigenvalue weighted by atomic mass is 9.97. The van der Waals surface area contributed by atoms with Gasteiger partial charge in [-0.3, -0.25) is 9.59 Å². The maximum Gasteiger partial charge on any atom is 0.422 e. The van der Waals surface area contributed by atoms with Gasteiger partial charge in [0.15, 0.2) is 12.4 Å². The normalized spacial score (nSPS) is 15.9. The Balaban J connectivity index is 1.71. The molecule has 230 valence electrons. The molecule has 0 bridgehead atoms. The predicted octanol–water partition coefficient (Wildman–Crippen LogP) is 5.06. The van der Waals surface area contributed by atoms with Crippen molar-refractivity contribution in [3.63, 3.8) is 0 Å². The number of esters is 1. The van der Waals surface area contributed by atoms with Crippen molar-refractivity contribution in [1.82, 2.24) is 4.57 Å². The van der Waals surface area contributed by atoms with Crippen LogP contribution in [0.5, 0.6) is 11.5 Å². The number of ether oxygens (including phenoxy) is 5. The standard InChI is InChI=1S/C30H29ClF3NO8/c1-39-27-15-35(28(37)14-23(27)22-12-20(31)7-8-26(22)43-17-30(32,33)34)24(13-21-16-41-9-10-42-21)25(36)11-18-3-5-19(6-4-18)29(38)40-2/h3-8,12,14-15,21,24H,9-11,13,16-17H2,1-2H3. The van der Waals surface area contributed by atoms with Crippen LogP contribution in [0.25, 0.3) is 11.1 Å². The lowest BCUT2D eigenvalue weighted by Gasteiger charge is -2.28. The first kappa shape index (κ1) is 32.1. The van der Waals surface area contributed by atoms with E-state index in [1.165, 1.54) is 55.3 Å². The zero-order valence-corrected chi connectivity index (χ0v) is 24.1. The number of alkyl halides is 3. The van der Waals surface area contributed by atoms with Crippen LogP contribution >= 0.6 is 11.6 Å². The fraction of sp³-hybridized carbons (Fsp3) is 0.367. The molecule has 1 fully saturated rings. The molecule has 13 heteroatoms. The van der Waals surface area contributed by atoms with Crippen LogP contribution in [0.4, 0.5) is 13.2 Å². The molecule has 0 N–H and O–H groups in total. The molecule has 2 atom stereocenters. The Morgan fingerprint density at radius 2 is 1.77 bits per heavy atom. The third-order valence-electron chi connectivity index (χ3n) is 6.72. The van der Waals surface area contributed by atoms with Crippen molar-refractivity contribution in [3.8, 4) is 22.6 Å². The highest BCUT2D eigenvalue weighted by Crippen LogP contribution is 2.38. The third-order valence-corrected chi connectivity index (χ3v) is 6.95. The van der Waals surface area contributed by atoms with E-state index in [9.17, 15) is 27.6 Å².